The lowest BCUT2D eigenvalue weighted by Crippen LogP contribution is -2.37. The zero-order chi connectivity index (χ0) is 20.3. The van der Waals surface area contributed by atoms with Gasteiger partial charge in [0.05, 0.1) is 13.2 Å². The van der Waals surface area contributed by atoms with Gasteiger partial charge in [-0.05, 0) is 24.3 Å². The van der Waals surface area contributed by atoms with E-state index in [0.717, 1.165) is 18.9 Å². The van der Waals surface area contributed by atoms with Gasteiger partial charge >= 0.3 is 0 Å². The van der Waals surface area contributed by atoms with Crippen molar-refractivity contribution < 1.29 is 19.0 Å². The largest absolute Gasteiger partial charge is 0.486 e. The molecule has 1 N–H and O–H groups in total. The average molecular weight is 410 g/mol. The molecule has 0 saturated carbocycles. The van der Waals surface area contributed by atoms with Crippen molar-refractivity contribution in [3.05, 3.63) is 36.2 Å². The Kier molecular flexibility index (Phi) is 5.06. The summed E-state index contributed by atoms with van der Waals surface area (Å²) in [4.78, 5) is 14.6. The predicted octanol–water partition coefficient (Wildman–Crippen LogP) is 1.30. The van der Waals surface area contributed by atoms with Gasteiger partial charge < -0.3 is 24.4 Å². The summed E-state index contributed by atoms with van der Waals surface area (Å²) < 4.78 is 18.2. The average Bonchev–Trinajstić information content (AvgIpc) is 3.20. The lowest BCUT2D eigenvalue weighted by Gasteiger charge is -2.27. The van der Waals surface area contributed by atoms with Crippen molar-refractivity contribution in [3.63, 3.8) is 0 Å². The molecule has 10 nitrogen and oxygen atoms in total. The zero-order valence-corrected chi connectivity index (χ0v) is 16.4. The van der Waals surface area contributed by atoms with Gasteiger partial charge in [0.15, 0.2) is 23.0 Å². The number of nitrogens with zero attached hydrogens (tertiary/aromatic N) is 5. The molecule has 30 heavy (non-hydrogen) atoms. The number of fused-ring (bicyclic) bond motifs is 2. The number of anilines is 2. The molecular weight excluding hydrogens is 388 g/mol. The first-order chi connectivity index (χ1) is 14.8. The number of hydrogen-bond acceptors (Lipinski definition) is 8. The fourth-order valence-electron chi connectivity index (χ4n) is 3.51. The normalized spacial score (nSPS) is 15.9. The summed E-state index contributed by atoms with van der Waals surface area (Å²) in [5.74, 6) is 2.72. The third kappa shape index (κ3) is 3.86. The van der Waals surface area contributed by atoms with E-state index in [2.05, 4.69) is 25.5 Å². The number of carbonyl (C=O) groups is 1. The molecule has 1 aromatic carbocycles. The molecule has 1 fully saturated rings. The topological polar surface area (TPSA) is 103 Å². The molecule has 2 aliphatic heterocycles. The Morgan fingerprint density at radius 3 is 2.70 bits per heavy atom. The Morgan fingerprint density at radius 1 is 1.00 bits per heavy atom. The number of rotatable bonds is 5. The van der Waals surface area contributed by atoms with Crippen molar-refractivity contribution in [1.82, 2.24) is 19.8 Å². The molecule has 3 aromatic rings. The third-order valence-electron chi connectivity index (χ3n) is 5.05. The van der Waals surface area contributed by atoms with E-state index in [0.29, 0.717) is 61.5 Å². The van der Waals surface area contributed by atoms with Crippen molar-refractivity contribution >= 4 is 23.1 Å². The Bertz CT molecular complexity index is 1060. The van der Waals surface area contributed by atoms with Crippen molar-refractivity contribution in [3.8, 4) is 11.5 Å². The second-order valence-electron chi connectivity index (χ2n) is 7.08. The van der Waals surface area contributed by atoms with Gasteiger partial charge in [0, 0.05) is 37.7 Å². The van der Waals surface area contributed by atoms with E-state index in [9.17, 15) is 4.79 Å². The molecule has 0 radical (unpaired) electrons. The minimum absolute atomic E-state index is 0.118. The number of amides is 1. The van der Waals surface area contributed by atoms with Crippen LogP contribution in [0.2, 0.25) is 0 Å². The van der Waals surface area contributed by atoms with Gasteiger partial charge in [0.1, 0.15) is 19.0 Å². The molecule has 1 amide bonds. The van der Waals surface area contributed by atoms with E-state index in [4.69, 9.17) is 14.2 Å². The SMILES string of the molecule is O=C(CCc1nnc2ccc(N3CCOCC3)nn12)Nc1ccc2c(c1)OCCO2. The summed E-state index contributed by atoms with van der Waals surface area (Å²) in [5.41, 5.74) is 1.33. The van der Waals surface area contributed by atoms with Gasteiger partial charge in [-0.3, -0.25) is 4.79 Å². The van der Waals surface area contributed by atoms with E-state index in [1.54, 1.807) is 22.7 Å². The standard InChI is InChI=1S/C20H22N6O4/c27-20(21-14-1-2-15-16(13-14)30-12-11-29-15)6-5-18-23-22-17-3-4-19(24-26(17)18)25-7-9-28-10-8-25/h1-4,13H,5-12H2,(H,21,27). The second-order valence-corrected chi connectivity index (χ2v) is 7.08. The fraction of sp³-hybridized carbons (Fsp3) is 0.400. The number of carbonyl (C=O) groups excluding carboxylic acids is 1. The van der Waals surface area contributed by atoms with Crippen LogP contribution in [0.5, 0.6) is 11.5 Å². The number of benzene rings is 1. The minimum Gasteiger partial charge on any atom is -0.486 e. The van der Waals surface area contributed by atoms with Crippen LogP contribution in [0.4, 0.5) is 11.5 Å². The van der Waals surface area contributed by atoms with E-state index >= 15 is 0 Å². The molecule has 0 unspecified atom stereocenters. The molecule has 156 valence electrons. The molecule has 2 aliphatic rings. The summed E-state index contributed by atoms with van der Waals surface area (Å²) in [6.45, 7) is 4.02. The number of hydrogen-bond donors (Lipinski definition) is 1. The zero-order valence-electron chi connectivity index (χ0n) is 16.4. The summed E-state index contributed by atoms with van der Waals surface area (Å²) in [6.07, 6.45) is 0.690. The molecular formula is C20H22N6O4. The van der Waals surface area contributed by atoms with Crippen LogP contribution in [0.15, 0.2) is 30.3 Å². The van der Waals surface area contributed by atoms with Crippen LogP contribution in [0, 0.1) is 0 Å². The van der Waals surface area contributed by atoms with Crippen molar-refractivity contribution in [1.29, 1.82) is 0 Å². The molecule has 0 atom stereocenters. The molecule has 2 aromatic heterocycles. The molecule has 5 rings (SSSR count). The number of ether oxygens (including phenoxy) is 3. The first-order valence-corrected chi connectivity index (χ1v) is 10.00. The molecule has 0 bridgehead atoms. The summed E-state index contributed by atoms with van der Waals surface area (Å²) in [6, 6.07) is 9.20. The second kappa shape index (κ2) is 8.15. The molecule has 10 heteroatoms. The van der Waals surface area contributed by atoms with Gasteiger partial charge in [0.25, 0.3) is 0 Å². The van der Waals surface area contributed by atoms with Gasteiger partial charge in [-0.15, -0.1) is 15.3 Å². The Balaban J connectivity index is 1.25. The quantitative estimate of drug-likeness (QED) is 0.672. The van der Waals surface area contributed by atoms with Gasteiger partial charge in [-0.25, -0.2) is 0 Å². The van der Waals surface area contributed by atoms with Crippen LogP contribution in [-0.4, -0.2) is 65.2 Å². The lowest BCUT2D eigenvalue weighted by molar-refractivity contribution is -0.116. The Labute approximate surface area is 172 Å². The van der Waals surface area contributed by atoms with E-state index in [1.807, 2.05) is 12.1 Å². The van der Waals surface area contributed by atoms with Crippen molar-refractivity contribution in [2.45, 2.75) is 12.8 Å². The number of nitrogens with one attached hydrogen (secondary N) is 1. The maximum absolute atomic E-state index is 12.4. The van der Waals surface area contributed by atoms with Crippen LogP contribution in [-0.2, 0) is 16.0 Å². The molecule has 0 aliphatic carbocycles. The van der Waals surface area contributed by atoms with Crippen molar-refractivity contribution in [2.75, 3.05) is 49.7 Å². The summed E-state index contributed by atoms with van der Waals surface area (Å²) in [7, 11) is 0. The smallest absolute Gasteiger partial charge is 0.224 e. The van der Waals surface area contributed by atoms with Crippen LogP contribution in [0.25, 0.3) is 5.65 Å². The van der Waals surface area contributed by atoms with E-state index in [1.165, 1.54) is 0 Å². The molecule has 0 spiro atoms. The number of morpholine rings is 1. The lowest BCUT2D eigenvalue weighted by atomic mass is 10.2. The first kappa shape index (κ1) is 18.6. The third-order valence-corrected chi connectivity index (χ3v) is 5.05. The predicted molar refractivity (Wildman–Crippen MR) is 108 cm³/mol. The van der Waals surface area contributed by atoms with Crippen LogP contribution >= 0.6 is 0 Å². The minimum atomic E-state index is -0.118. The van der Waals surface area contributed by atoms with E-state index < -0.39 is 0 Å². The molecule has 4 heterocycles. The van der Waals surface area contributed by atoms with Gasteiger partial charge in [-0.1, -0.05) is 0 Å². The highest BCUT2D eigenvalue weighted by Gasteiger charge is 2.16. The van der Waals surface area contributed by atoms with Crippen LogP contribution < -0.4 is 19.7 Å². The number of aryl methyl sites for hydroxylation is 1. The van der Waals surface area contributed by atoms with Gasteiger partial charge in [-0.2, -0.15) is 4.52 Å². The monoisotopic (exact) mass is 410 g/mol. The Hall–Kier alpha value is -3.40. The summed E-state index contributed by atoms with van der Waals surface area (Å²) >= 11 is 0. The first-order valence-electron chi connectivity index (χ1n) is 10.00. The summed E-state index contributed by atoms with van der Waals surface area (Å²) in [5, 5.41) is 15.9. The van der Waals surface area contributed by atoms with Crippen LogP contribution in [0.3, 0.4) is 0 Å². The van der Waals surface area contributed by atoms with Gasteiger partial charge in [0.2, 0.25) is 5.91 Å². The maximum Gasteiger partial charge on any atom is 0.224 e. The van der Waals surface area contributed by atoms with Crippen LogP contribution in [0.1, 0.15) is 12.2 Å². The highest BCUT2D eigenvalue weighted by molar-refractivity contribution is 5.91. The maximum atomic E-state index is 12.4. The van der Waals surface area contributed by atoms with Crippen molar-refractivity contribution in [2.24, 2.45) is 0 Å². The van der Waals surface area contributed by atoms with E-state index in [-0.39, 0.29) is 12.3 Å². The number of aromatic nitrogens is 4. The highest BCUT2D eigenvalue weighted by atomic mass is 16.6. The highest BCUT2D eigenvalue weighted by Crippen LogP contribution is 2.32. The molecule has 1 saturated heterocycles. The fourth-order valence-corrected chi connectivity index (χ4v) is 3.51. The Morgan fingerprint density at radius 2 is 1.83 bits per heavy atom.